The summed E-state index contributed by atoms with van der Waals surface area (Å²) in [7, 11) is 1.60. The van der Waals surface area contributed by atoms with E-state index in [0.717, 1.165) is 17.0 Å². The first-order valence-electron chi connectivity index (χ1n) is 7.24. The van der Waals surface area contributed by atoms with Crippen LogP contribution in [0.5, 0.6) is 5.75 Å². The highest BCUT2D eigenvalue weighted by atomic mass is 16.5. The van der Waals surface area contributed by atoms with Crippen LogP contribution in [0.1, 0.15) is 40.6 Å². The average molecular weight is 284 g/mol. The lowest BCUT2D eigenvalue weighted by Crippen LogP contribution is -2.13. The van der Waals surface area contributed by atoms with E-state index in [1.54, 1.807) is 7.11 Å². The van der Waals surface area contributed by atoms with Crippen molar-refractivity contribution in [2.24, 2.45) is 0 Å². The highest BCUT2D eigenvalue weighted by Gasteiger charge is 2.28. The van der Waals surface area contributed by atoms with E-state index in [1.807, 2.05) is 37.3 Å². The molecule has 1 N–H and O–H groups in total. The molecule has 110 valence electrons. The molecule has 0 spiro atoms. The van der Waals surface area contributed by atoms with E-state index in [4.69, 9.17) is 4.74 Å². The number of carbonyl (C=O) groups excluding carboxylic acids is 1. The molecule has 1 aliphatic carbocycles. The number of methoxy groups -OCH3 is 1. The van der Waals surface area contributed by atoms with Gasteiger partial charge in [0, 0.05) is 17.4 Å². The van der Waals surface area contributed by atoms with Crippen LogP contribution >= 0.6 is 0 Å². The van der Waals surface area contributed by atoms with E-state index in [9.17, 15) is 4.79 Å². The van der Waals surface area contributed by atoms with Gasteiger partial charge in [0.1, 0.15) is 5.75 Å². The van der Waals surface area contributed by atoms with Crippen molar-refractivity contribution in [3.05, 3.63) is 47.3 Å². The lowest BCUT2D eigenvalue weighted by atomic mass is 10.2. The minimum absolute atomic E-state index is 0.0838. The number of aromatic nitrogens is 1. The largest absolute Gasteiger partial charge is 0.495 e. The smallest absolute Gasteiger partial charge is 0.257 e. The quantitative estimate of drug-likeness (QED) is 0.930. The number of amides is 1. The molecular weight excluding hydrogens is 264 g/mol. The summed E-state index contributed by atoms with van der Waals surface area (Å²) in [5.41, 5.74) is 3.63. The van der Waals surface area contributed by atoms with Crippen LogP contribution in [0.3, 0.4) is 0 Å². The lowest BCUT2D eigenvalue weighted by Gasteiger charge is -2.10. The number of nitrogens with zero attached hydrogens (tertiary/aromatic N) is 1. The van der Waals surface area contributed by atoms with E-state index in [1.165, 1.54) is 12.8 Å². The van der Waals surface area contributed by atoms with E-state index >= 15 is 0 Å². The number of carbonyl (C=O) groups is 1. The summed E-state index contributed by atoms with van der Waals surface area (Å²) in [6, 6.07) is 10.00. The van der Waals surface area contributed by atoms with Crippen molar-refractivity contribution >= 4 is 11.6 Å². The molecule has 4 heteroatoms. The first kappa shape index (κ1) is 13.7. The second-order valence-corrected chi connectivity index (χ2v) is 5.54. The van der Waals surface area contributed by atoms with Crippen molar-refractivity contribution in [1.29, 1.82) is 0 Å². The Balaban J connectivity index is 1.87. The van der Waals surface area contributed by atoms with Gasteiger partial charge in [-0.25, -0.2) is 0 Å². The van der Waals surface area contributed by atoms with Crippen LogP contribution in [-0.2, 0) is 0 Å². The van der Waals surface area contributed by atoms with Gasteiger partial charge < -0.3 is 14.6 Å². The van der Waals surface area contributed by atoms with Gasteiger partial charge >= 0.3 is 0 Å². The van der Waals surface area contributed by atoms with Gasteiger partial charge in [-0.1, -0.05) is 12.1 Å². The lowest BCUT2D eigenvalue weighted by molar-refractivity contribution is 0.102. The molecular formula is C17H20N2O2. The molecule has 1 aliphatic rings. The van der Waals surface area contributed by atoms with Gasteiger partial charge in [-0.15, -0.1) is 0 Å². The van der Waals surface area contributed by atoms with Gasteiger partial charge in [0.25, 0.3) is 5.91 Å². The molecule has 1 fully saturated rings. The third-order valence-corrected chi connectivity index (χ3v) is 4.00. The molecule has 1 heterocycles. The maximum Gasteiger partial charge on any atom is 0.257 e. The Labute approximate surface area is 124 Å². The van der Waals surface area contributed by atoms with Crippen LogP contribution in [0.2, 0.25) is 0 Å². The number of anilines is 1. The highest BCUT2D eigenvalue weighted by molar-refractivity contribution is 6.06. The highest BCUT2D eigenvalue weighted by Crippen LogP contribution is 2.38. The number of ether oxygens (including phenoxy) is 1. The molecule has 1 aromatic heterocycles. The van der Waals surface area contributed by atoms with Crippen LogP contribution in [-0.4, -0.2) is 17.6 Å². The SMILES string of the molecule is COc1ccccc1NC(=O)c1cc(C)n(C2CC2)c1C. The monoisotopic (exact) mass is 284 g/mol. The van der Waals surface area contributed by atoms with Gasteiger partial charge in [-0.2, -0.15) is 0 Å². The van der Waals surface area contributed by atoms with Gasteiger partial charge in [-0.3, -0.25) is 4.79 Å². The third kappa shape index (κ3) is 2.53. The van der Waals surface area contributed by atoms with Crippen LogP contribution in [0, 0.1) is 13.8 Å². The van der Waals surface area contributed by atoms with E-state index in [0.29, 0.717) is 17.5 Å². The second kappa shape index (κ2) is 5.28. The first-order chi connectivity index (χ1) is 10.1. The van der Waals surface area contributed by atoms with Crippen LogP contribution in [0.15, 0.2) is 30.3 Å². The Morgan fingerprint density at radius 3 is 2.67 bits per heavy atom. The van der Waals surface area contributed by atoms with Gasteiger partial charge in [0.05, 0.1) is 18.4 Å². The van der Waals surface area contributed by atoms with Crippen LogP contribution in [0.25, 0.3) is 0 Å². The van der Waals surface area contributed by atoms with Crippen molar-refractivity contribution in [2.45, 2.75) is 32.7 Å². The summed E-state index contributed by atoms with van der Waals surface area (Å²) in [5.74, 6) is 0.585. The van der Waals surface area contributed by atoms with E-state index in [2.05, 4.69) is 16.8 Å². The van der Waals surface area contributed by atoms with Crippen molar-refractivity contribution < 1.29 is 9.53 Å². The van der Waals surface area contributed by atoms with Gasteiger partial charge in [0.15, 0.2) is 0 Å². The summed E-state index contributed by atoms with van der Waals surface area (Å²) >= 11 is 0. The molecule has 0 bridgehead atoms. The number of rotatable bonds is 4. The average Bonchev–Trinajstić information content (AvgIpc) is 3.25. The topological polar surface area (TPSA) is 43.3 Å². The third-order valence-electron chi connectivity index (χ3n) is 4.00. The predicted molar refractivity (Wildman–Crippen MR) is 83.1 cm³/mol. The zero-order chi connectivity index (χ0) is 15.0. The maximum atomic E-state index is 12.5. The Hall–Kier alpha value is -2.23. The number of nitrogens with one attached hydrogen (secondary N) is 1. The minimum Gasteiger partial charge on any atom is -0.495 e. The fourth-order valence-electron chi connectivity index (χ4n) is 2.84. The van der Waals surface area contributed by atoms with E-state index in [-0.39, 0.29) is 5.91 Å². The summed E-state index contributed by atoms with van der Waals surface area (Å²) in [6.07, 6.45) is 2.42. The van der Waals surface area contributed by atoms with E-state index < -0.39 is 0 Å². The summed E-state index contributed by atoms with van der Waals surface area (Å²) in [5, 5.41) is 2.94. The van der Waals surface area contributed by atoms with Crippen molar-refractivity contribution in [2.75, 3.05) is 12.4 Å². The van der Waals surface area contributed by atoms with Crippen molar-refractivity contribution in [1.82, 2.24) is 4.57 Å². The fraction of sp³-hybridized carbons (Fsp3) is 0.353. The molecule has 0 radical (unpaired) electrons. The molecule has 1 aromatic carbocycles. The number of para-hydroxylation sites is 2. The molecule has 1 saturated carbocycles. The molecule has 0 atom stereocenters. The molecule has 1 amide bonds. The first-order valence-corrected chi connectivity index (χ1v) is 7.24. The minimum atomic E-state index is -0.0838. The van der Waals surface area contributed by atoms with Gasteiger partial charge in [0.2, 0.25) is 0 Å². The Bertz CT molecular complexity index is 684. The summed E-state index contributed by atoms with van der Waals surface area (Å²) in [4.78, 5) is 12.5. The predicted octanol–water partition coefficient (Wildman–Crippen LogP) is 3.70. The summed E-state index contributed by atoms with van der Waals surface area (Å²) < 4.78 is 7.54. The molecule has 3 rings (SSSR count). The van der Waals surface area contributed by atoms with Crippen LogP contribution in [0.4, 0.5) is 5.69 Å². The summed E-state index contributed by atoms with van der Waals surface area (Å²) in [6.45, 7) is 4.08. The van der Waals surface area contributed by atoms with Crippen LogP contribution < -0.4 is 10.1 Å². The zero-order valence-electron chi connectivity index (χ0n) is 12.6. The zero-order valence-corrected chi connectivity index (χ0v) is 12.6. The molecule has 0 unspecified atom stereocenters. The standard InChI is InChI=1S/C17H20N2O2/c1-11-10-14(12(2)19(11)13-8-9-13)17(20)18-15-6-4-5-7-16(15)21-3/h4-7,10,13H,8-9H2,1-3H3,(H,18,20). The van der Waals surface area contributed by atoms with Crippen molar-refractivity contribution in [3.8, 4) is 5.75 Å². The number of benzene rings is 1. The Kier molecular flexibility index (Phi) is 3.45. The number of hydrogen-bond donors (Lipinski definition) is 1. The molecule has 0 aliphatic heterocycles. The molecule has 4 nitrogen and oxygen atoms in total. The fourth-order valence-corrected chi connectivity index (χ4v) is 2.84. The number of aryl methyl sites for hydroxylation is 1. The normalized spacial score (nSPS) is 14.0. The number of hydrogen-bond acceptors (Lipinski definition) is 2. The van der Waals surface area contributed by atoms with Crippen molar-refractivity contribution in [3.63, 3.8) is 0 Å². The molecule has 21 heavy (non-hydrogen) atoms. The Morgan fingerprint density at radius 2 is 2.00 bits per heavy atom. The molecule has 0 saturated heterocycles. The second-order valence-electron chi connectivity index (χ2n) is 5.54. The maximum absolute atomic E-state index is 12.5. The molecule has 2 aromatic rings. The Morgan fingerprint density at radius 1 is 1.29 bits per heavy atom. The van der Waals surface area contributed by atoms with Gasteiger partial charge in [-0.05, 0) is 44.9 Å².